The van der Waals surface area contributed by atoms with Crippen LogP contribution in [0.25, 0.3) is 0 Å². The summed E-state index contributed by atoms with van der Waals surface area (Å²) in [6.07, 6.45) is 1.12. The van der Waals surface area contributed by atoms with Gasteiger partial charge in [0.05, 0.1) is 0 Å². The number of nitrogens with one attached hydrogen (secondary N) is 1. The number of aryl methyl sites for hydroxylation is 1. The summed E-state index contributed by atoms with van der Waals surface area (Å²) in [5.41, 5.74) is 2.78. The number of benzene rings is 1. The smallest absolute Gasteiger partial charge is 0.0202 e. The van der Waals surface area contributed by atoms with Crippen molar-refractivity contribution in [2.45, 2.75) is 19.9 Å². The Morgan fingerprint density at radius 3 is 2.50 bits per heavy atom. The normalized spacial score (nSPS) is 9.17. The molecule has 1 rings (SSSR count). The van der Waals surface area contributed by atoms with Gasteiger partial charge in [-0.15, -0.1) is 12.4 Å². The summed E-state index contributed by atoms with van der Waals surface area (Å²) in [6, 6.07) is 8.68. The van der Waals surface area contributed by atoms with E-state index in [-0.39, 0.29) is 12.4 Å². The highest BCUT2D eigenvalue weighted by atomic mass is 35.5. The maximum Gasteiger partial charge on any atom is 0.0202 e. The Kier molecular flexibility index (Phi) is 5.77. The quantitative estimate of drug-likeness (QED) is 0.763. The van der Waals surface area contributed by atoms with Crippen molar-refractivity contribution in [2.75, 3.05) is 7.05 Å². The molecule has 1 N–H and O–H groups in total. The Morgan fingerprint density at radius 2 is 1.92 bits per heavy atom. The van der Waals surface area contributed by atoms with E-state index in [2.05, 4.69) is 36.5 Å². The van der Waals surface area contributed by atoms with Gasteiger partial charge in [0.15, 0.2) is 0 Å². The molecule has 1 nitrogen and oxygen atoms in total. The lowest BCUT2D eigenvalue weighted by molar-refractivity contribution is 0.816. The fraction of sp³-hybridized carbons (Fsp3) is 0.400. The highest BCUT2D eigenvalue weighted by molar-refractivity contribution is 5.85. The SMILES string of the molecule is CCc1cccc(CNC)c1.Cl. The molecule has 0 aliphatic rings. The predicted molar refractivity (Wildman–Crippen MR) is 55.8 cm³/mol. The van der Waals surface area contributed by atoms with Crippen molar-refractivity contribution in [3.05, 3.63) is 35.4 Å². The zero-order chi connectivity index (χ0) is 8.10. The highest BCUT2D eigenvalue weighted by Gasteiger charge is 1.91. The molecule has 0 atom stereocenters. The van der Waals surface area contributed by atoms with Gasteiger partial charge in [0, 0.05) is 6.54 Å². The molecular formula is C10H16ClN. The minimum atomic E-state index is 0. The molecule has 0 saturated carbocycles. The summed E-state index contributed by atoms with van der Waals surface area (Å²) in [6.45, 7) is 3.15. The molecule has 0 saturated heterocycles. The van der Waals surface area contributed by atoms with E-state index in [4.69, 9.17) is 0 Å². The van der Waals surface area contributed by atoms with E-state index < -0.39 is 0 Å². The van der Waals surface area contributed by atoms with Gasteiger partial charge in [0.2, 0.25) is 0 Å². The molecule has 0 radical (unpaired) electrons. The van der Waals surface area contributed by atoms with Crippen LogP contribution in [0, 0.1) is 0 Å². The van der Waals surface area contributed by atoms with Crippen molar-refractivity contribution in [1.29, 1.82) is 0 Å². The first-order chi connectivity index (χ1) is 5.36. The number of hydrogen-bond acceptors (Lipinski definition) is 1. The summed E-state index contributed by atoms with van der Waals surface area (Å²) in [4.78, 5) is 0. The molecule has 12 heavy (non-hydrogen) atoms. The maximum atomic E-state index is 3.14. The van der Waals surface area contributed by atoms with E-state index in [1.165, 1.54) is 11.1 Å². The molecule has 2 heteroatoms. The highest BCUT2D eigenvalue weighted by Crippen LogP contribution is 2.04. The average Bonchev–Trinajstić information content (AvgIpc) is 2.06. The molecule has 0 spiro atoms. The van der Waals surface area contributed by atoms with E-state index in [0.717, 1.165) is 13.0 Å². The lowest BCUT2D eigenvalue weighted by atomic mass is 10.1. The third kappa shape index (κ3) is 3.24. The van der Waals surface area contributed by atoms with Crippen molar-refractivity contribution < 1.29 is 0 Å². The number of hydrogen-bond donors (Lipinski definition) is 1. The molecule has 68 valence electrons. The number of halogens is 1. The van der Waals surface area contributed by atoms with Crippen molar-refractivity contribution in [1.82, 2.24) is 5.32 Å². The second-order valence-corrected chi connectivity index (χ2v) is 2.70. The fourth-order valence-electron chi connectivity index (χ4n) is 1.16. The van der Waals surface area contributed by atoms with Gasteiger partial charge < -0.3 is 5.32 Å². The standard InChI is InChI=1S/C10H15N.ClH/c1-3-9-5-4-6-10(7-9)8-11-2;/h4-7,11H,3,8H2,1-2H3;1H. The third-order valence-corrected chi connectivity index (χ3v) is 1.78. The molecule has 0 fully saturated rings. The zero-order valence-electron chi connectivity index (χ0n) is 7.63. The van der Waals surface area contributed by atoms with E-state index in [9.17, 15) is 0 Å². The first-order valence-corrected chi connectivity index (χ1v) is 4.09. The minimum Gasteiger partial charge on any atom is -0.316 e. The molecule has 0 bridgehead atoms. The van der Waals surface area contributed by atoms with Crippen LogP contribution >= 0.6 is 12.4 Å². The van der Waals surface area contributed by atoms with Crippen LogP contribution in [0.2, 0.25) is 0 Å². The van der Waals surface area contributed by atoms with Crippen LogP contribution < -0.4 is 5.32 Å². The zero-order valence-corrected chi connectivity index (χ0v) is 8.45. The van der Waals surface area contributed by atoms with Crippen LogP contribution in [-0.2, 0) is 13.0 Å². The predicted octanol–water partition coefficient (Wildman–Crippen LogP) is 2.39. The molecule has 1 aromatic rings. The molecule has 0 unspecified atom stereocenters. The summed E-state index contributed by atoms with van der Waals surface area (Å²) in [5.74, 6) is 0. The van der Waals surface area contributed by atoms with Gasteiger partial charge in [-0.25, -0.2) is 0 Å². The third-order valence-electron chi connectivity index (χ3n) is 1.78. The van der Waals surface area contributed by atoms with E-state index in [1.54, 1.807) is 0 Å². The molecule has 0 aliphatic carbocycles. The second kappa shape index (κ2) is 6.04. The molecular weight excluding hydrogens is 170 g/mol. The van der Waals surface area contributed by atoms with Crippen molar-refractivity contribution >= 4 is 12.4 Å². The van der Waals surface area contributed by atoms with E-state index in [0.29, 0.717) is 0 Å². The Hall–Kier alpha value is -0.530. The van der Waals surface area contributed by atoms with E-state index in [1.807, 2.05) is 7.05 Å². The van der Waals surface area contributed by atoms with Gasteiger partial charge in [-0.2, -0.15) is 0 Å². The topological polar surface area (TPSA) is 12.0 Å². The lowest BCUT2D eigenvalue weighted by Crippen LogP contribution is -2.04. The van der Waals surface area contributed by atoms with Crippen LogP contribution in [0.15, 0.2) is 24.3 Å². The van der Waals surface area contributed by atoms with Gasteiger partial charge in [-0.3, -0.25) is 0 Å². The summed E-state index contributed by atoms with van der Waals surface area (Å²) in [5, 5.41) is 3.14. The summed E-state index contributed by atoms with van der Waals surface area (Å²) >= 11 is 0. The fourth-order valence-corrected chi connectivity index (χ4v) is 1.16. The molecule has 1 aromatic carbocycles. The largest absolute Gasteiger partial charge is 0.316 e. The number of rotatable bonds is 3. The van der Waals surface area contributed by atoms with Crippen molar-refractivity contribution in [3.63, 3.8) is 0 Å². The molecule has 0 aromatic heterocycles. The van der Waals surface area contributed by atoms with Gasteiger partial charge >= 0.3 is 0 Å². The van der Waals surface area contributed by atoms with Crippen molar-refractivity contribution in [3.8, 4) is 0 Å². The summed E-state index contributed by atoms with van der Waals surface area (Å²) in [7, 11) is 1.97. The Balaban J connectivity index is 0.00000121. The second-order valence-electron chi connectivity index (χ2n) is 2.70. The van der Waals surface area contributed by atoms with Gasteiger partial charge in [0.25, 0.3) is 0 Å². The van der Waals surface area contributed by atoms with Crippen LogP contribution in [0.1, 0.15) is 18.1 Å². The monoisotopic (exact) mass is 185 g/mol. The molecule has 0 heterocycles. The summed E-state index contributed by atoms with van der Waals surface area (Å²) < 4.78 is 0. The average molecular weight is 186 g/mol. The first kappa shape index (κ1) is 11.5. The van der Waals surface area contributed by atoms with Crippen LogP contribution in [0.5, 0.6) is 0 Å². The Morgan fingerprint density at radius 1 is 1.25 bits per heavy atom. The van der Waals surface area contributed by atoms with E-state index >= 15 is 0 Å². The Labute approximate surface area is 80.6 Å². The van der Waals surface area contributed by atoms with Gasteiger partial charge in [-0.1, -0.05) is 31.2 Å². The lowest BCUT2D eigenvalue weighted by Gasteiger charge is -2.01. The van der Waals surface area contributed by atoms with Gasteiger partial charge in [0.1, 0.15) is 0 Å². The van der Waals surface area contributed by atoms with Crippen LogP contribution in [-0.4, -0.2) is 7.05 Å². The molecule has 0 amide bonds. The van der Waals surface area contributed by atoms with Crippen molar-refractivity contribution in [2.24, 2.45) is 0 Å². The maximum absolute atomic E-state index is 3.14. The van der Waals surface area contributed by atoms with Crippen LogP contribution in [0.3, 0.4) is 0 Å². The Bertz CT molecular complexity index is 223. The van der Waals surface area contributed by atoms with Crippen LogP contribution in [0.4, 0.5) is 0 Å². The van der Waals surface area contributed by atoms with Gasteiger partial charge in [-0.05, 0) is 24.6 Å². The molecule has 0 aliphatic heterocycles. The first-order valence-electron chi connectivity index (χ1n) is 4.09. The minimum absolute atomic E-state index is 0.